The number of halogens is 1. The van der Waals surface area contributed by atoms with Crippen LogP contribution >= 0.6 is 23.4 Å². The van der Waals surface area contributed by atoms with Crippen molar-refractivity contribution in [3.63, 3.8) is 0 Å². The standard InChI is InChI=1S/C16H18ClNOS/c17-14-8-4-5-9-15(14)20-11-10-16(18,12-19)13-6-2-1-3-7-13/h1-9,19H,10-12,18H2. The van der Waals surface area contributed by atoms with Crippen molar-refractivity contribution in [1.29, 1.82) is 0 Å². The third kappa shape index (κ3) is 3.76. The molecule has 0 heterocycles. The fourth-order valence-electron chi connectivity index (χ4n) is 1.99. The minimum atomic E-state index is -0.699. The second-order valence-electron chi connectivity index (χ2n) is 4.71. The van der Waals surface area contributed by atoms with Gasteiger partial charge in [-0.15, -0.1) is 11.8 Å². The summed E-state index contributed by atoms with van der Waals surface area (Å²) in [6.07, 6.45) is 0.684. The zero-order valence-corrected chi connectivity index (χ0v) is 12.7. The molecule has 1 atom stereocenters. The van der Waals surface area contributed by atoms with Crippen LogP contribution in [-0.2, 0) is 5.54 Å². The zero-order chi connectivity index (χ0) is 14.4. The first-order valence-electron chi connectivity index (χ1n) is 6.48. The molecule has 2 aromatic carbocycles. The van der Waals surface area contributed by atoms with Crippen molar-refractivity contribution in [2.75, 3.05) is 12.4 Å². The lowest BCUT2D eigenvalue weighted by Crippen LogP contribution is -2.41. The molecule has 0 aliphatic heterocycles. The minimum Gasteiger partial charge on any atom is -0.394 e. The van der Waals surface area contributed by atoms with Crippen LogP contribution in [0.2, 0.25) is 5.02 Å². The van der Waals surface area contributed by atoms with Crippen LogP contribution in [0.3, 0.4) is 0 Å². The van der Waals surface area contributed by atoms with Crippen molar-refractivity contribution >= 4 is 23.4 Å². The molecule has 2 nitrogen and oxygen atoms in total. The largest absolute Gasteiger partial charge is 0.394 e. The highest BCUT2D eigenvalue weighted by Gasteiger charge is 2.25. The monoisotopic (exact) mass is 307 g/mol. The molecule has 0 aromatic heterocycles. The maximum atomic E-state index is 9.63. The number of aliphatic hydroxyl groups is 1. The second-order valence-corrected chi connectivity index (χ2v) is 6.25. The van der Waals surface area contributed by atoms with Gasteiger partial charge in [-0.1, -0.05) is 54.1 Å². The van der Waals surface area contributed by atoms with E-state index in [9.17, 15) is 5.11 Å². The Morgan fingerprint density at radius 2 is 1.70 bits per heavy atom. The maximum absolute atomic E-state index is 9.63. The number of nitrogens with two attached hydrogens (primary N) is 1. The lowest BCUT2D eigenvalue weighted by molar-refractivity contribution is 0.193. The first-order valence-corrected chi connectivity index (χ1v) is 7.85. The molecule has 0 aliphatic carbocycles. The van der Waals surface area contributed by atoms with Crippen molar-refractivity contribution < 1.29 is 5.11 Å². The van der Waals surface area contributed by atoms with Crippen LogP contribution in [0.5, 0.6) is 0 Å². The molecule has 0 bridgehead atoms. The molecule has 1 unspecified atom stereocenters. The van der Waals surface area contributed by atoms with Gasteiger partial charge in [0.15, 0.2) is 0 Å². The van der Waals surface area contributed by atoms with Crippen LogP contribution in [0, 0.1) is 0 Å². The summed E-state index contributed by atoms with van der Waals surface area (Å²) in [5.41, 5.74) is 6.59. The summed E-state index contributed by atoms with van der Waals surface area (Å²) in [5.74, 6) is 0.801. The number of rotatable bonds is 6. The number of thioether (sulfide) groups is 1. The van der Waals surface area contributed by atoms with Crippen LogP contribution in [0.25, 0.3) is 0 Å². The van der Waals surface area contributed by atoms with Gasteiger partial charge in [-0.25, -0.2) is 0 Å². The Labute approximate surface area is 129 Å². The normalized spacial score (nSPS) is 13.9. The van der Waals surface area contributed by atoms with Gasteiger partial charge in [-0.05, 0) is 24.1 Å². The van der Waals surface area contributed by atoms with E-state index in [4.69, 9.17) is 17.3 Å². The molecule has 0 fully saturated rings. The highest BCUT2D eigenvalue weighted by atomic mass is 35.5. The maximum Gasteiger partial charge on any atom is 0.0653 e. The molecule has 0 aliphatic rings. The van der Waals surface area contributed by atoms with Crippen LogP contribution < -0.4 is 5.73 Å². The molecule has 4 heteroatoms. The summed E-state index contributed by atoms with van der Waals surface area (Å²) in [4.78, 5) is 1.04. The molecule has 0 saturated carbocycles. The molecule has 20 heavy (non-hydrogen) atoms. The fourth-order valence-corrected chi connectivity index (χ4v) is 3.36. The molecule has 2 rings (SSSR count). The van der Waals surface area contributed by atoms with Crippen molar-refractivity contribution in [1.82, 2.24) is 0 Å². The van der Waals surface area contributed by atoms with Gasteiger partial charge in [0.2, 0.25) is 0 Å². The van der Waals surface area contributed by atoms with Crippen molar-refractivity contribution in [3.8, 4) is 0 Å². The summed E-state index contributed by atoms with van der Waals surface area (Å²) in [6, 6.07) is 17.5. The van der Waals surface area contributed by atoms with Gasteiger partial charge >= 0.3 is 0 Å². The first kappa shape index (κ1) is 15.4. The Bertz CT molecular complexity index is 549. The van der Waals surface area contributed by atoms with E-state index in [0.717, 1.165) is 21.2 Å². The molecular weight excluding hydrogens is 290 g/mol. The minimum absolute atomic E-state index is 0.0694. The topological polar surface area (TPSA) is 46.2 Å². The molecule has 3 N–H and O–H groups in total. The van der Waals surface area contributed by atoms with E-state index in [1.54, 1.807) is 11.8 Å². The highest BCUT2D eigenvalue weighted by Crippen LogP contribution is 2.30. The molecule has 0 amide bonds. The van der Waals surface area contributed by atoms with E-state index in [-0.39, 0.29) is 6.61 Å². The van der Waals surface area contributed by atoms with E-state index in [1.165, 1.54) is 0 Å². The number of aliphatic hydroxyl groups excluding tert-OH is 1. The number of hydrogen-bond donors (Lipinski definition) is 2. The van der Waals surface area contributed by atoms with E-state index in [0.29, 0.717) is 6.42 Å². The Balaban J connectivity index is 2.00. The van der Waals surface area contributed by atoms with Gasteiger partial charge in [0.1, 0.15) is 0 Å². The molecular formula is C16H18ClNOS. The second kappa shape index (κ2) is 7.14. The lowest BCUT2D eigenvalue weighted by Gasteiger charge is -2.27. The third-order valence-corrected chi connectivity index (χ3v) is 4.79. The zero-order valence-electron chi connectivity index (χ0n) is 11.1. The number of hydrogen-bond acceptors (Lipinski definition) is 3. The Kier molecular flexibility index (Phi) is 5.49. The Hall–Kier alpha value is -1.00. The van der Waals surface area contributed by atoms with Crippen LogP contribution in [0.4, 0.5) is 0 Å². The SMILES string of the molecule is NC(CO)(CCSc1ccccc1Cl)c1ccccc1. The van der Waals surface area contributed by atoms with Gasteiger partial charge in [0.05, 0.1) is 17.2 Å². The molecule has 0 saturated heterocycles. The summed E-state index contributed by atoms with van der Waals surface area (Å²) in [5, 5.41) is 10.4. The summed E-state index contributed by atoms with van der Waals surface area (Å²) < 4.78 is 0. The highest BCUT2D eigenvalue weighted by molar-refractivity contribution is 7.99. The smallest absolute Gasteiger partial charge is 0.0653 e. The van der Waals surface area contributed by atoms with Crippen molar-refractivity contribution in [3.05, 3.63) is 65.2 Å². The predicted octanol–water partition coefficient (Wildman–Crippen LogP) is 3.67. The van der Waals surface area contributed by atoms with Gasteiger partial charge in [0.25, 0.3) is 0 Å². The number of benzene rings is 2. The average molecular weight is 308 g/mol. The quantitative estimate of drug-likeness (QED) is 0.800. The van der Waals surface area contributed by atoms with Crippen LogP contribution in [-0.4, -0.2) is 17.5 Å². The molecule has 0 radical (unpaired) electrons. The predicted molar refractivity (Wildman–Crippen MR) is 86.2 cm³/mol. The average Bonchev–Trinajstić information content (AvgIpc) is 2.50. The molecule has 2 aromatic rings. The fraction of sp³-hybridized carbons (Fsp3) is 0.250. The van der Waals surface area contributed by atoms with Gasteiger partial charge in [0, 0.05) is 10.6 Å². The lowest BCUT2D eigenvalue weighted by atomic mass is 9.89. The third-order valence-electron chi connectivity index (χ3n) is 3.27. The van der Waals surface area contributed by atoms with Gasteiger partial charge in [-0.2, -0.15) is 0 Å². The van der Waals surface area contributed by atoms with Crippen molar-refractivity contribution in [2.45, 2.75) is 16.9 Å². The first-order chi connectivity index (χ1) is 9.65. The summed E-state index contributed by atoms with van der Waals surface area (Å²) in [7, 11) is 0. The van der Waals surface area contributed by atoms with Crippen LogP contribution in [0.1, 0.15) is 12.0 Å². The van der Waals surface area contributed by atoms with Gasteiger partial charge in [-0.3, -0.25) is 0 Å². The van der Waals surface area contributed by atoms with E-state index >= 15 is 0 Å². The van der Waals surface area contributed by atoms with Crippen molar-refractivity contribution in [2.24, 2.45) is 5.73 Å². The Morgan fingerprint density at radius 3 is 2.35 bits per heavy atom. The van der Waals surface area contributed by atoms with E-state index in [1.807, 2.05) is 54.6 Å². The van der Waals surface area contributed by atoms with E-state index < -0.39 is 5.54 Å². The van der Waals surface area contributed by atoms with Gasteiger partial charge < -0.3 is 10.8 Å². The molecule has 0 spiro atoms. The molecule has 106 valence electrons. The Morgan fingerprint density at radius 1 is 1.05 bits per heavy atom. The van der Waals surface area contributed by atoms with Crippen LogP contribution in [0.15, 0.2) is 59.5 Å². The summed E-state index contributed by atoms with van der Waals surface area (Å²) in [6.45, 7) is -0.0694. The van der Waals surface area contributed by atoms with E-state index in [2.05, 4.69) is 0 Å². The summed E-state index contributed by atoms with van der Waals surface area (Å²) >= 11 is 7.78.